The number of fused-ring (bicyclic) bond motifs is 2. The molecule has 2 aromatic rings. The molecule has 0 bridgehead atoms. The van der Waals surface area contributed by atoms with Crippen LogP contribution in [0.25, 0.3) is 5.65 Å². The molecule has 2 atom stereocenters. The summed E-state index contributed by atoms with van der Waals surface area (Å²) in [4.78, 5) is 31.7. The van der Waals surface area contributed by atoms with E-state index >= 15 is 0 Å². The molecule has 2 amide bonds. The molecule has 4 rings (SSSR count). The van der Waals surface area contributed by atoms with E-state index < -0.39 is 0 Å². The number of aryl methyl sites for hydroxylation is 1. The van der Waals surface area contributed by atoms with Crippen LogP contribution >= 0.6 is 0 Å². The number of imidazole rings is 1. The van der Waals surface area contributed by atoms with E-state index in [1.165, 1.54) is 0 Å². The molecule has 2 aliphatic rings. The van der Waals surface area contributed by atoms with E-state index in [0.29, 0.717) is 12.1 Å². The lowest BCUT2D eigenvalue weighted by atomic mass is 9.81. The van der Waals surface area contributed by atoms with Crippen molar-refractivity contribution in [3.8, 4) is 0 Å². The number of likely N-dealkylation sites (tertiary alicyclic amines) is 1. The zero-order valence-corrected chi connectivity index (χ0v) is 14.8. The molecule has 132 valence electrons. The number of aromatic nitrogens is 2. The molecule has 0 aliphatic carbocycles. The fourth-order valence-corrected chi connectivity index (χ4v) is 4.38. The lowest BCUT2D eigenvalue weighted by Crippen LogP contribution is -2.63. The summed E-state index contributed by atoms with van der Waals surface area (Å²) in [5, 5.41) is 3.17. The van der Waals surface area contributed by atoms with Crippen LogP contribution in [-0.4, -0.2) is 44.2 Å². The number of carbonyl (C=O) groups is 2. The van der Waals surface area contributed by atoms with Crippen molar-refractivity contribution in [3.05, 3.63) is 35.8 Å². The molecule has 4 heterocycles. The van der Waals surface area contributed by atoms with Crippen molar-refractivity contribution in [2.75, 3.05) is 6.54 Å². The Labute approximate surface area is 147 Å². The van der Waals surface area contributed by atoms with Crippen LogP contribution in [0.4, 0.5) is 0 Å². The average molecular weight is 340 g/mol. The highest BCUT2D eigenvalue weighted by atomic mass is 16.2. The molecule has 0 unspecified atom stereocenters. The molecule has 2 fully saturated rings. The van der Waals surface area contributed by atoms with Gasteiger partial charge in [0.15, 0.2) is 0 Å². The SMILES string of the molecule is Cc1cccc2nc(C(=O)N3CCC[C@]4(C)NC(=O)CCC[C@H]34)cn12. The molecule has 0 radical (unpaired) electrons. The Kier molecular flexibility index (Phi) is 3.78. The van der Waals surface area contributed by atoms with Crippen molar-refractivity contribution >= 4 is 17.5 Å². The molecular weight excluding hydrogens is 316 g/mol. The van der Waals surface area contributed by atoms with Crippen LogP contribution in [0.5, 0.6) is 0 Å². The summed E-state index contributed by atoms with van der Waals surface area (Å²) >= 11 is 0. The first-order valence-electron chi connectivity index (χ1n) is 9.05. The topological polar surface area (TPSA) is 66.7 Å². The smallest absolute Gasteiger partial charge is 0.274 e. The maximum absolute atomic E-state index is 13.2. The minimum Gasteiger partial charge on any atom is -0.349 e. The van der Waals surface area contributed by atoms with Crippen LogP contribution in [0.3, 0.4) is 0 Å². The van der Waals surface area contributed by atoms with Gasteiger partial charge in [-0.2, -0.15) is 0 Å². The Morgan fingerprint density at radius 3 is 3.00 bits per heavy atom. The molecule has 6 heteroatoms. The van der Waals surface area contributed by atoms with E-state index in [1.807, 2.05) is 40.6 Å². The fraction of sp³-hybridized carbons (Fsp3) is 0.526. The molecule has 0 spiro atoms. The molecule has 2 aliphatic heterocycles. The quantitative estimate of drug-likeness (QED) is 0.866. The number of nitrogens with one attached hydrogen (secondary N) is 1. The Balaban J connectivity index is 1.68. The van der Waals surface area contributed by atoms with Gasteiger partial charge in [-0.3, -0.25) is 9.59 Å². The maximum Gasteiger partial charge on any atom is 0.274 e. The number of piperidine rings is 1. The van der Waals surface area contributed by atoms with Crippen molar-refractivity contribution in [2.45, 2.75) is 57.5 Å². The van der Waals surface area contributed by atoms with Gasteiger partial charge in [-0.05, 0) is 51.7 Å². The molecule has 25 heavy (non-hydrogen) atoms. The second kappa shape index (κ2) is 5.86. The van der Waals surface area contributed by atoms with Crippen molar-refractivity contribution < 1.29 is 9.59 Å². The Hall–Kier alpha value is -2.37. The molecule has 6 nitrogen and oxygen atoms in total. The van der Waals surface area contributed by atoms with Gasteiger partial charge >= 0.3 is 0 Å². The zero-order valence-electron chi connectivity index (χ0n) is 14.8. The van der Waals surface area contributed by atoms with Gasteiger partial charge in [0.05, 0.1) is 11.6 Å². The summed E-state index contributed by atoms with van der Waals surface area (Å²) in [5.41, 5.74) is 1.98. The van der Waals surface area contributed by atoms with Crippen LogP contribution in [0.2, 0.25) is 0 Å². The molecule has 0 saturated carbocycles. The number of rotatable bonds is 1. The average Bonchev–Trinajstić information content (AvgIpc) is 2.94. The first-order chi connectivity index (χ1) is 12.0. The van der Waals surface area contributed by atoms with E-state index in [4.69, 9.17) is 0 Å². The van der Waals surface area contributed by atoms with Gasteiger partial charge in [0, 0.05) is 24.9 Å². The predicted molar refractivity (Wildman–Crippen MR) is 94.4 cm³/mol. The fourth-order valence-electron chi connectivity index (χ4n) is 4.38. The molecule has 2 saturated heterocycles. The number of pyridine rings is 1. The second-order valence-corrected chi connectivity index (χ2v) is 7.50. The molecule has 1 N–H and O–H groups in total. The van der Waals surface area contributed by atoms with Gasteiger partial charge in [-0.25, -0.2) is 4.98 Å². The van der Waals surface area contributed by atoms with Crippen molar-refractivity contribution in [1.29, 1.82) is 0 Å². The van der Waals surface area contributed by atoms with Crippen LogP contribution in [0, 0.1) is 6.92 Å². The highest BCUT2D eigenvalue weighted by Gasteiger charge is 2.45. The summed E-state index contributed by atoms with van der Waals surface area (Å²) in [7, 11) is 0. The largest absolute Gasteiger partial charge is 0.349 e. The first-order valence-corrected chi connectivity index (χ1v) is 9.05. The van der Waals surface area contributed by atoms with Gasteiger partial charge < -0.3 is 14.6 Å². The van der Waals surface area contributed by atoms with E-state index in [0.717, 1.165) is 43.6 Å². The first kappa shape index (κ1) is 16.1. The number of nitrogens with zero attached hydrogens (tertiary/aromatic N) is 3. The van der Waals surface area contributed by atoms with E-state index in [2.05, 4.69) is 17.2 Å². The lowest BCUT2D eigenvalue weighted by Gasteiger charge is -2.47. The summed E-state index contributed by atoms with van der Waals surface area (Å²) in [6.45, 7) is 4.80. The van der Waals surface area contributed by atoms with Crippen LogP contribution in [0.1, 0.15) is 55.2 Å². The minimum atomic E-state index is -0.337. The predicted octanol–water partition coefficient (Wildman–Crippen LogP) is 2.31. The number of hydrogen-bond donors (Lipinski definition) is 1. The van der Waals surface area contributed by atoms with E-state index in [-0.39, 0.29) is 23.4 Å². The minimum absolute atomic E-state index is 0.0322. The van der Waals surface area contributed by atoms with E-state index in [1.54, 1.807) is 0 Å². The van der Waals surface area contributed by atoms with E-state index in [9.17, 15) is 9.59 Å². The van der Waals surface area contributed by atoms with Gasteiger partial charge in [-0.1, -0.05) is 6.07 Å². The number of amides is 2. The van der Waals surface area contributed by atoms with Crippen molar-refractivity contribution in [2.24, 2.45) is 0 Å². The van der Waals surface area contributed by atoms with Gasteiger partial charge in [0.2, 0.25) is 5.91 Å². The van der Waals surface area contributed by atoms with Gasteiger partial charge in [-0.15, -0.1) is 0 Å². The summed E-state index contributed by atoms with van der Waals surface area (Å²) in [6, 6.07) is 5.90. The molecule has 0 aromatic carbocycles. The Morgan fingerprint density at radius 2 is 2.20 bits per heavy atom. The maximum atomic E-state index is 13.2. The summed E-state index contributed by atoms with van der Waals surface area (Å²) in [6.07, 6.45) is 5.85. The third-order valence-corrected chi connectivity index (χ3v) is 5.69. The third kappa shape index (κ3) is 2.69. The highest BCUT2D eigenvalue weighted by molar-refractivity contribution is 5.93. The third-order valence-electron chi connectivity index (χ3n) is 5.69. The Morgan fingerprint density at radius 1 is 1.36 bits per heavy atom. The lowest BCUT2D eigenvalue weighted by molar-refractivity contribution is -0.123. The zero-order chi connectivity index (χ0) is 17.6. The summed E-state index contributed by atoms with van der Waals surface area (Å²) in [5.74, 6) is 0.0674. The molecule has 2 aromatic heterocycles. The summed E-state index contributed by atoms with van der Waals surface area (Å²) < 4.78 is 1.95. The molecular formula is C19H24N4O2. The highest BCUT2D eigenvalue weighted by Crippen LogP contribution is 2.34. The van der Waals surface area contributed by atoms with Gasteiger partial charge in [0.25, 0.3) is 5.91 Å². The van der Waals surface area contributed by atoms with Gasteiger partial charge in [0.1, 0.15) is 11.3 Å². The Bertz CT molecular complexity index is 843. The van der Waals surface area contributed by atoms with Crippen LogP contribution < -0.4 is 5.32 Å². The van der Waals surface area contributed by atoms with Crippen molar-refractivity contribution in [3.63, 3.8) is 0 Å². The normalized spacial score (nSPS) is 26.9. The number of hydrogen-bond acceptors (Lipinski definition) is 3. The monoisotopic (exact) mass is 340 g/mol. The standard InChI is InChI=1S/C19H24N4O2/c1-13-6-3-8-16-20-14(12-23(13)16)18(25)22-11-5-10-19(2)15(22)7-4-9-17(24)21-19/h3,6,8,12,15H,4-5,7,9-11H2,1-2H3,(H,21,24)/t15-,19-/m0/s1. The second-order valence-electron chi connectivity index (χ2n) is 7.50. The van der Waals surface area contributed by atoms with Crippen LogP contribution in [-0.2, 0) is 4.79 Å². The van der Waals surface area contributed by atoms with Crippen molar-refractivity contribution in [1.82, 2.24) is 19.6 Å². The number of carbonyl (C=O) groups excluding carboxylic acids is 2. The van der Waals surface area contributed by atoms with Crippen LogP contribution in [0.15, 0.2) is 24.4 Å².